The molecule has 0 aromatic rings. The summed E-state index contributed by atoms with van der Waals surface area (Å²) in [5.41, 5.74) is 5.77. The zero-order valence-electron chi connectivity index (χ0n) is 8.19. The molecular weight excluding hydrogens is 182 g/mol. The van der Waals surface area contributed by atoms with Crippen molar-refractivity contribution in [2.75, 3.05) is 13.1 Å². The highest BCUT2D eigenvalue weighted by molar-refractivity contribution is 5.87. The van der Waals surface area contributed by atoms with Gasteiger partial charge in [-0.1, -0.05) is 6.58 Å². The molecule has 1 aliphatic rings. The Bertz CT molecular complexity index is 265. The van der Waals surface area contributed by atoms with Gasteiger partial charge in [-0.2, -0.15) is 0 Å². The maximum absolute atomic E-state index is 11.0. The van der Waals surface area contributed by atoms with E-state index in [0.717, 1.165) is 0 Å². The number of nitrogens with two attached hydrogens (primary N) is 1. The zero-order chi connectivity index (χ0) is 10.7. The molecule has 1 fully saturated rings. The van der Waals surface area contributed by atoms with Gasteiger partial charge in [-0.05, 0) is 6.08 Å². The first-order valence-electron chi connectivity index (χ1n) is 4.48. The Balaban J connectivity index is 2.52. The third-order valence-electron chi connectivity index (χ3n) is 2.32. The van der Waals surface area contributed by atoms with E-state index in [2.05, 4.69) is 11.9 Å². The molecule has 0 spiro atoms. The van der Waals surface area contributed by atoms with Gasteiger partial charge in [-0.25, -0.2) is 0 Å². The minimum absolute atomic E-state index is 0.0178. The summed E-state index contributed by atoms with van der Waals surface area (Å²) in [6.45, 7) is 5.82. The molecule has 0 aromatic carbocycles. The smallest absolute Gasteiger partial charge is 0.243 e. The van der Waals surface area contributed by atoms with Gasteiger partial charge < -0.3 is 16.0 Å². The van der Waals surface area contributed by atoms with Crippen LogP contribution in [-0.2, 0) is 9.59 Å². The summed E-state index contributed by atoms with van der Waals surface area (Å²) in [5.74, 6) is -0.272. The second-order valence-corrected chi connectivity index (χ2v) is 3.41. The zero-order valence-corrected chi connectivity index (χ0v) is 8.19. The second kappa shape index (κ2) is 4.23. The van der Waals surface area contributed by atoms with Crippen LogP contribution >= 0.6 is 0 Å². The third-order valence-corrected chi connectivity index (χ3v) is 2.32. The molecule has 2 amide bonds. The first-order chi connectivity index (χ1) is 6.54. The first kappa shape index (κ1) is 10.7. The Labute approximate surface area is 82.9 Å². The van der Waals surface area contributed by atoms with E-state index in [1.54, 1.807) is 4.90 Å². The summed E-state index contributed by atoms with van der Waals surface area (Å²) in [6.07, 6.45) is 1.20. The van der Waals surface area contributed by atoms with E-state index in [-0.39, 0.29) is 23.9 Å². The molecule has 1 rings (SSSR count). The fraction of sp³-hybridized carbons (Fsp3) is 0.556. The van der Waals surface area contributed by atoms with Gasteiger partial charge in [0.05, 0.1) is 6.04 Å². The van der Waals surface area contributed by atoms with Crippen LogP contribution < -0.4 is 11.1 Å². The highest BCUT2D eigenvalue weighted by Gasteiger charge is 2.31. The molecule has 0 saturated carbocycles. The largest absolute Gasteiger partial charge is 0.346 e. The van der Waals surface area contributed by atoms with Gasteiger partial charge in [-0.3, -0.25) is 9.59 Å². The van der Waals surface area contributed by atoms with Crippen LogP contribution in [0.5, 0.6) is 0 Å². The number of carbonyl (C=O) groups excluding carboxylic acids is 2. The quantitative estimate of drug-likeness (QED) is 0.549. The molecule has 0 bridgehead atoms. The monoisotopic (exact) mass is 197 g/mol. The molecule has 14 heavy (non-hydrogen) atoms. The van der Waals surface area contributed by atoms with Gasteiger partial charge in [0.15, 0.2) is 0 Å². The lowest BCUT2D eigenvalue weighted by molar-refractivity contribution is -0.128. The number of amides is 2. The summed E-state index contributed by atoms with van der Waals surface area (Å²) in [7, 11) is 0. The van der Waals surface area contributed by atoms with Crippen molar-refractivity contribution in [1.29, 1.82) is 0 Å². The van der Waals surface area contributed by atoms with Crippen molar-refractivity contribution in [2.45, 2.75) is 19.0 Å². The van der Waals surface area contributed by atoms with Gasteiger partial charge in [0.2, 0.25) is 11.8 Å². The molecular formula is C9H15N3O2. The van der Waals surface area contributed by atoms with Crippen molar-refractivity contribution in [3.05, 3.63) is 12.7 Å². The number of hydrogen-bond acceptors (Lipinski definition) is 3. The summed E-state index contributed by atoms with van der Waals surface area (Å²) >= 11 is 0. The standard InChI is InChI=1S/C9H15N3O2/c1-3-9(14)11-8-5-12(6(2)13)4-7(8)10/h3,7-8H,1,4-5,10H2,2H3,(H,11,14). The minimum atomic E-state index is -0.254. The highest BCUT2D eigenvalue weighted by atomic mass is 16.2. The van der Waals surface area contributed by atoms with Crippen molar-refractivity contribution in [1.82, 2.24) is 10.2 Å². The van der Waals surface area contributed by atoms with Crippen LogP contribution in [0.4, 0.5) is 0 Å². The Morgan fingerprint density at radius 2 is 2.21 bits per heavy atom. The number of nitrogens with one attached hydrogen (secondary N) is 1. The average molecular weight is 197 g/mol. The predicted octanol–water partition coefficient (Wildman–Crippen LogP) is -1.15. The van der Waals surface area contributed by atoms with E-state index in [9.17, 15) is 9.59 Å². The summed E-state index contributed by atoms with van der Waals surface area (Å²) in [6, 6.07) is -0.354. The molecule has 1 aliphatic heterocycles. The van der Waals surface area contributed by atoms with Gasteiger partial charge in [0, 0.05) is 26.1 Å². The van der Waals surface area contributed by atoms with Crippen molar-refractivity contribution in [3.63, 3.8) is 0 Å². The topological polar surface area (TPSA) is 75.4 Å². The molecule has 5 heteroatoms. The Morgan fingerprint density at radius 3 is 2.64 bits per heavy atom. The average Bonchev–Trinajstić information content (AvgIpc) is 2.48. The van der Waals surface area contributed by atoms with E-state index in [1.165, 1.54) is 13.0 Å². The van der Waals surface area contributed by atoms with E-state index >= 15 is 0 Å². The number of nitrogens with zero attached hydrogens (tertiary/aromatic N) is 1. The lowest BCUT2D eigenvalue weighted by Crippen LogP contribution is -2.46. The molecule has 3 N–H and O–H groups in total. The number of likely N-dealkylation sites (tertiary alicyclic amines) is 1. The van der Waals surface area contributed by atoms with Crippen molar-refractivity contribution >= 4 is 11.8 Å². The molecule has 0 aromatic heterocycles. The Hall–Kier alpha value is -1.36. The van der Waals surface area contributed by atoms with Gasteiger partial charge >= 0.3 is 0 Å². The van der Waals surface area contributed by atoms with Crippen LogP contribution in [-0.4, -0.2) is 41.9 Å². The van der Waals surface area contributed by atoms with Crippen LogP contribution in [0, 0.1) is 0 Å². The summed E-state index contributed by atoms with van der Waals surface area (Å²) in [5, 5.41) is 2.69. The van der Waals surface area contributed by atoms with Gasteiger partial charge in [-0.15, -0.1) is 0 Å². The molecule has 1 heterocycles. The van der Waals surface area contributed by atoms with Crippen molar-refractivity contribution in [3.8, 4) is 0 Å². The Kier molecular flexibility index (Phi) is 3.24. The molecule has 2 atom stereocenters. The second-order valence-electron chi connectivity index (χ2n) is 3.41. The lowest BCUT2D eigenvalue weighted by atomic mass is 10.2. The first-order valence-corrected chi connectivity index (χ1v) is 4.48. The van der Waals surface area contributed by atoms with Crippen LogP contribution in [0.15, 0.2) is 12.7 Å². The van der Waals surface area contributed by atoms with Crippen LogP contribution in [0.25, 0.3) is 0 Å². The van der Waals surface area contributed by atoms with Crippen molar-refractivity contribution < 1.29 is 9.59 Å². The van der Waals surface area contributed by atoms with Crippen LogP contribution in [0.1, 0.15) is 6.92 Å². The van der Waals surface area contributed by atoms with Crippen LogP contribution in [0.3, 0.4) is 0 Å². The van der Waals surface area contributed by atoms with Crippen LogP contribution in [0.2, 0.25) is 0 Å². The van der Waals surface area contributed by atoms with Gasteiger partial charge in [0.25, 0.3) is 0 Å². The third kappa shape index (κ3) is 2.32. The predicted molar refractivity (Wildman–Crippen MR) is 52.4 cm³/mol. The Morgan fingerprint density at radius 1 is 1.57 bits per heavy atom. The molecule has 0 aliphatic carbocycles. The molecule has 2 unspecified atom stereocenters. The summed E-state index contributed by atoms with van der Waals surface area (Å²) in [4.78, 5) is 23.7. The molecule has 1 saturated heterocycles. The van der Waals surface area contributed by atoms with Crippen molar-refractivity contribution in [2.24, 2.45) is 5.73 Å². The maximum Gasteiger partial charge on any atom is 0.243 e. The normalized spacial score (nSPS) is 26.0. The SMILES string of the molecule is C=CC(=O)NC1CN(C(C)=O)CC1N. The minimum Gasteiger partial charge on any atom is -0.346 e. The van der Waals surface area contributed by atoms with E-state index in [1.807, 2.05) is 0 Å². The fourth-order valence-electron chi connectivity index (χ4n) is 1.48. The number of hydrogen-bond donors (Lipinski definition) is 2. The van der Waals surface area contributed by atoms with Gasteiger partial charge in [0.1, 0.15) is 0 Å². The fourth-order valence-corrected chi connectivity index (χ4v) is 1.48. The molecule has 0 radical (unpaired) electrons. The van der Waals surface area contributed by atoms with E-state index in [4.69, 9.17) is 5.73 Å². The molecule has 78 valence electrons. The van der Waals surface area contributed by atoms with E-state index in [0.29, 0.717) is 13.1 Å². The lowest BCUT2D eigenvalue weighted by Gasteiger charge is -2.14. The maximum atomic E-state index is 11.0. The molecule has 5 nitrogen and oxygen atoms in total. The summed E-state index contributed by atoms with van der Waals surface area (Å²) < 4.78 is 0. The number of carbonyl (C=O) groups is 2. The van der Waals surface area contributed by atoms with E-state index < -0.39 is 0 Å². The number of rotatable bonds is 2. The highest BCUT2D eigenvalue weighted by Crippen LogP contribution is 2.08.